The summed E-state index contributed by atoms with van der Waals surface area (Å²) in [5.41, 5.74) is 6.46. The Morgan fingerprint density at radius 3 is 2.88 bits per heavy atom. The van der Waals surface area contributed by atoms with Crippen molar-refractivity contribution >= 4 is 27.8 Å². The Hall–Kier alpha value is -1.37. The third-order valence-electron chi connectivity index (χ3n) is 2.29. The number of anilines is 1. The van der Waals surface area contributed by atoms with Crippen LogP contribution in [-0.4, -0.2) is 27.7 Å². The summed E-state index contributed by atoms with van der Waals surface area (Å²) in [6.07, 6.45) is 1.26. The molecule has 7 heteroatoms. The summed E-state index contributed by atoms with van der Waals surface area (Å²) in [6, 6.07) is 0. The van der Waals surface area contributed by atoms with Crippen LogP contribution in [0.2, 0.25) is 0 Å². The molecule has 94 valence electrons. The third kappa shape index (κ3) is 4.18. The zero-order chi connectivity index (χ0) is 12.8. The second-order valence-corrected chi connectivity index (χ2v) is 4.16. The Morgan fingerprint density at radius 1 is 1.59 bits per heavy atom. The topological polar surface area (TPSA) is 101 Å². The molecule has 0 atom stereocenters. The Balaban J connectivity index is 2.53. The monoisotopic (exact) mass is 302 g/mol. The highest BCUT2D eigenvalue weighted by Gasteiger charge is 2.06. The molecule has 0 bridgehead atoms. The van der Waals surface area contributed by atoms with Crippen molar-refractivity contribution < 1.29 is 4.79 Å². The molecule has 0 saturated carbocycles. The van der Waals surface area contributed by atoms with E-state index in [0.717, 1.165) is 0 Å². The van der Waals surface area contributed by atoms with E-state index >= 15 is 0 Å². The zero-order valence-corrected chi connectivity index (χ0v) is 11.1. The molecule has 0 aromatic carbocycles. The number of nitrogens with one attached hydrogen (secondary N) is 2. The van der Waals surface area contributed by atoms with Crippen LogP contribution in [-0.2, 0) is 11.2 Å². The van der Waals surface area contributed by atoms with Gasteiger partial charge in [0.15, 0.2) is 0 Å². The van der Waals surface area contributed by atoms with Crippen LogP contribution in [0.3, 0.4) is 0 Å². The molecular weight excluding hydrogens is 288 g/mol. The summed E-state index contributed by atoms with van der Waals surface area (Å²) in [4.78, 5) is 29.0. The van der Waals surface area contributed by atoms with Crippen molar-refractivity contribution in [3.05, 3.63) is 21.6 Å². The normalized spacial score (nSPS) is 10.2. The van der Waals surface area contributed by atoms with Crippen molar-refractivity contribution in [3.63, 3.8) is 0 Å². The Labute approximate surface area is 107 Å². The molecule has 0 aliphatic heterocycles. The van der Waals surface area contributed by atoms with Crippen LogP contribution < -0.4 is 16.6 Å². The number of aromatic amines is 1. The standard InChI is InChI=1S/C10H15BrN4O2/c1-6-7(9(17)15-10(12)14-6)3-2-4-13-8(16)5-11/h2-5H2,1H3,(H,13,16)(H3,12,14,15,17). The Bertz CT molecular complexity index is 458. The highest BCUT2D eigenvalue weighted by Crippen LogP contribution is 2.02. The number of hydrogen-bond acceptors (Lipinski definition) is 4. The zero-order valence-electron chi connectivity index (χ0n) is 9.55. The summed E-state index contributed by atoms with van der Waals surface area (Å²) in [5.74, 6) is 0.0647. The number of nitrogens with zero attached hydrogens (tertiary/aromatic N) is 1. The number of amides is 1. The molecule has 4 N–H and O–H groups in total. The number of aromatic nitrogens is 2. The maximum atomic E-state index is 11.6. The second-order valence-electron chi connectivity index (χ2n) is 3.60. The van der Waals surface area contributed by atoms with Crippen molar-refractivity contribution in [2.45, 2.75) is 19.8 Å². The molecule has 1 heterocycles. The molecular formula is C10H15BrN4O2. The van der Waals surface area contributed by atoms with Crippen LogP contribution in [0.1, 0.15) is 17.7 Å². The van der Waals surface area contributed by atoms with Gasteiger partial charge in [-0.3, -0.25) is 14.6 Å². The minimum Gasteiger partial charge on any atom is -0.369 e. The molecule has 0 saturated heterocycles. The predicted octanol–water partition coefficient (Wildman–Crippen LogP) is 0.104. The van der Waals surface area contributed by atoms with Crippen molar-refractivity contribution in [3.8, 4) is 0 Å². The van der Waals surface area contributed by atoms with E-state index in [2.05, 4.69) is 31.2 Å². The van der Waals surface area contributed by atoms with E-state index < -0.39 is 0 Å². The first-order chi connectivity index (χ1) is 8.04. The molecule has 0 aliphatic carbocycles. The average Bonchev–Trinajstić information content (AvgIpc) is 2.26. The number of alkyl halides is 1. The molecule has 6 nitrogen and oxygen atoms in total. The maximum absolute atomic E-state index is 11.6. The minimum atomic E-state index is -0.207. The van der Waals surface area contributed by atoms with Gasteiger partial charge in [-0.25, -0.2) is 4.98 Å². The first-order valence-electron chi connectivity index (χ1n) is 5.22. The van der Waals surface area contributed by atoms with Gasteiger partial charge in [-0.2, -0.15) is 0 Å². The van der Waals surface area contributed by atoms with Gasteiger partial charge in [0.1, 0.15) is 0 Å². The van der Waals surface area contributed by atoms with E-state index in [4.69, 9.17) is 5.73 Å². The van der Waals surface area contributed by atoms with Gasteiger partial charge >= 0.3 is 0 Å². The third-order valence-corrected chi connectivity index (χ3v) is 2.80. The lowest BCUT2D eigenvalue weighted by Crippen LogP contribution is -2.26. The van der Waals surface area contributed by atoms with Crippen LogP contribution >= 0.6 is 15.9 Å². The lowest BCUT2D eigenvalue weighted by atomic mass is 10.1. The van der Waals surface area contributed by atoms with Crippen molar-refractivity contribution in [1.82, 2.24) is 15.3 Å². The summed E-state index contributed by atoms with van der Waals surface area (Å²) in [7, 11) is 0. The quantitative estimate of drug-likeness (QED) is 0.530. The van der Waals surface area contributed by atoms with E-state index in [0.29, 0.717) is 30.6 Å². The molecule has 1 aromatic rings. The van der Waals surface area contributed by atoms with Crippen LogP contribution in [0.25, 0.3) is 0 Å². The Kier molecular flexibility index (Phi) is 5.14. The number of halogens is 1. The highest BCUT2D eigenvalue weighted by atomic mass is 79.9. The minimum absolute atomic E-state index is 0.0638. The number of rotatable bonds is 5. The maximum Gasteiger partial charge on any atom is 0.255 e. The molecule has 0 spiro atoms. The van der Waals surface area contributed by atoms with Crippen molar-refractivity contribution in [1.29, 1.82) is 0 Å². The fourth-order valence-electron chi connectivity index (χ4n) is 1.47. The number of hydrogen-bond donors (Lipinski definition) is 3. The van der Waals surface area contributed by atoms with E-state index in [1.807, 2.05) is 0 Å². The molecule has 1 amide bonds. The first-order valence-corrected chi connectivity index (χ1v) is 6.34. The van der Waals surface area contributed by atoms with Gasteiger partial charge < -0.3 is 11.1 Å². The summed E-state index contributed by atoms with van der Waals surface area (Å²) < 4.78 is 0. The molecule has 1 aromatic heterocycles. The predicted molar refractivity (Wildman–Crippen MR) is 69.1 cm³/mol. The molecule has 0 aliphatic rings. The van der Waals surface area contributed by atoms with Crippen LogP contribution in [0.15, 0.2) is 4.79 Å². The number of nitrogen functional groups attached to an aromatic ring is 1. The van der Waals surface area contributed by atoms with Crippen molar-refractivity contribution in [2.24, 2.45) is 0 Å². The molecule has 0 unspecified atom stereocenters. The largest absolute Gasteiger partial charge is 0.369 e. The molecule has 1 rings (SSSR count). The number of H-pyrrole nitrogens is 1. The Morgan fingerprint density at radius 2 is 2.29 bits per heavy atom. The fourth-order valence-corrected chi connectivity index (χ4v) is 1.67. The first kappa shape index (κ1) is 13.7. The lowest BCUT2D eigenvalue weighted by Gasteiger charge is -2.05. The molecule has 0 radical (unpaired) electrons. The number of aryl methyl sites for hydroxylation is 1. The fraction of sp³-hybridized carbons (Fsp3) is 0.500. The van der Waals surface area contributed by atoms with E-state index in [9.17, 15) is 9.59 Å². The number of nitrogens with two attached hydrogens (primary N) is 1. The van der Waals surface area contributed by atoms with Gasteiger partial charge in [0.2, 0.25) is 11.9 Å². The SMILES string of the molecule is Cc1nc(N)[nH]c(=O)c1CCCNC(=O)CBr. The van der Waals surface area contributed by atoms with Gasteiger partial charge in [-0.05, 0) is 19.8 Å². The number of carbonyl (C=O) groups is 1. The van der Waals surface area contributed by atoms with Crippen molar-refractivity contribution in [2.75, 3.05) is 17.6 Å². The van der Waals surface area contributed by atoms with Gasteiger partial charge in [0.25, 0.3) is 5.56 Å². The van der Waals surface area contributed by atoms with E-state index in [1.54, 1.807) is 6.92 Å². The second kappa shape index (κ2) is 6.39. The summed E-state index contributed by atoms with van der Waals surface area (Å²) >= 11 is 3.05. The van der Waals surface area contributed by atoms with Gasteiger partial charge in [0.05, 0.1) is 5.33 Å². The highest BCUT2D eigenvalue weighted by molar-refractivity contribution is 9.09. The van der Waals surface area contributed by atoms with E-state index in [-0.39, 0.29) is 22.7 Å². The van der Waals surface area contributed by atoms with E-state index in [1.165, 1.54) is 0 Å². The van der Waals surface area contributed by atoms with Crippen LogP contribution in [0, 0.1) is 6.92 Å². The average molecular weight is 303 g/mol. The smallest absolute Gasteiger partial charge is 0.255 e. The summed E-state index contributed by atoms with van der Waals surface area (Å²) in [6.45, 7) is 2.28. The molecule has 17 heavy (non-hydrogen) atoms. The van der Waals surface area contributed by atoms with Crippen LogP contribution in [0.5, 0.6) is 0 Å². The van der Waals surface area contributed by atoms with Gasteiger partial charge in [-0.15, -0.1) is 0 Å². The number of carbonyl (C=O) groups excluding carboxylic acids is 1. The summed E-state index contributed by atoms with van der Waals surface area (Å²) in [5, 5.41) is 3.00. The molecule has 0 fully saturated rings. The van der Waals surface area contributed by atoms with Gasteiger partial charge in [-0.1, -0.05) is 15.9 Å². The lowest BCUT2D eigenvalue weighted by molar-refractivity contribution is -0.118. The van der Waals surface area contributed by atoms with Crippen LogP contribution in [0.4, 0.5) is 5.95 Å². The van der Waals surface area contributed by atoms with Gasteiger partial charge in [0, 0.05) is 17.8 Å².